The van der Waals surface area contributed by atoms with E-state index in [0.717, 1.165) is 60.7 Å². The molecule has 1 saturated heterocycles. The van der Waals surface area contributed by atoms with Crippen LogP contribution in [-0.4, -0.2) is 36.0 Å². The maximum atomic E-state index is 11.4. The number of rotatable bonds is 8. The minimum atomic E-state index is -0.197. The molecule has 2 aromatic carbocycles. The summed E-state index contributed by atoms with van der Waals surface area (Å²) in [5.41, 5.74) is 10.6. The number of aryl methyl sites for hydroxylation is 1. The number of anilines is 5. The van der Waals surface area contributed by atoms with Gasteiger partial charge in [-0.15, -0.1) is 0 Å². The molecule has 0 unspecified atom stereocenters. The summed E-state index contributed by atoms with van der Waals surface area (Å²) >= 11 is 6.38. The highest BCUT2D eigenvalue weighted by atomic mass is 35.5. The van der Waals surface area contributed by atoms with E-state index in [1.165, 1.54) is 0 Å². The highest BCUT2D eigenvalue weighted by Crippen LogP contribution is 2.30. The summed E-state index contributed by atoms with van der Waals surface area (Å²) in [5, 5.41) is 10.2. The van der Waals surface area contributed by atoms with Gasteiger partial charge in [0.15, 0.2) is 5.82 Å². The second-order valence-electron chi connectivity index (χ2n) is 8.49. The van der Waals surface area contributed by atoms with E-state index in [0.29, 0.717) is 16.8 Å². The third-order valence-electron chi connectivity index (χ3n) is 6.10. The van der Waals surface area contributed by atoms with E-state index in [1.54, 1.807) is 6.20 Å². The van der Waals surface area contributed by atoms with Crippen molar-refractivity contribution in [2.75, 3.05) is 35.7 Å². The summed E-state index contributed by atoms with van der Waals surface area (Å²) in [6, 6.07) is 14.2. The molecule has 3 aromatic rings. The molecule has 4 rings (SSSR count). The van der Waals surface area contributed by atoms with Crippen molar-refractivity contribution in [2.24, 2.45) is 11.7 Å². The molecule has 0 radical (unpaired) electrons. The molecule has 34 heavy (non-hydrogen) atoms. The summed E-state index contributed by atoms with van der Waals surface area (Å²) < 4.78 is 0. The van der Waals surface area contributed by atoms with E-state index in [9.17, 15) is 4.79 Å². The van der Waals surface area contributed by atoms with Crippen LogP contribution >= 0.6 is 11.6 Å². The van der Waals surface area contributed by atoms with Gasteiger partial charge in [-0.25, -0.2) is 4.98 Å². The number of piperidine rings is 1. The average Bonchev–Trinajstić information content (AvgIpc) is 2.84. The van der Waals surface area contributed by atoms with Crippen molar-refractivity contribution in [3.05, 3.63) is 64.8 Å². The van der Waals surface area contributed by atoms with E-state index in [-0.39, 0.29) is 11.8 Å². The lowest BCUT2D eigenvalue weighted by Crippen LogP contribution is -2.38. The minimum absolute atomic E-state index is 0.0200. The third kappa shape index (κ3) is 5.58. The molecule has 0 bridgehead atoms. The maximum Gasteiger partial charge on any atom is 0.229 e. The largest absolute Gasteiger partial charge is 0.371 e. The Morgan fingerprint density at radius 1 is 1.15 bits per heavy atom. The van der Waals surface area contributed by atoms with Crippen LogP contribution < -0.4 is 26.6 Å². The molecule has 8 nitrogen and oxygen atoms in total. The molecule has 0 saturated carbocycles. The molecule has 1 aliphatic rings. The van der Waals surface area contributed by atoms with Crippen molar-refractivity contribution in [3.8, 4) is 0 Å². The molecule has 0 aliphatic carbocycles. The summed E-state index contributed by atoms with van der Waals surface area (Å²) in [7, 11) is 1.91. The Morgan fingerprint density at radius 3 is 2.62 bits per heavy atom. The van der Waals surface area contributed by atoms with Gasteiger partial charge in [0.25, 0.3) is 0 Å². The zero-order valence-corrected chi connectivity index (χ0v) is 20.2. The van der Waals surface area contributed by atoms with Crippen LogP contribution in [0.15, 0.2) is 48.7 Å². The van der Waals surface area contributed by atoms with Gasteiger partial charge in [0.1, 0.15) is 5.02 Å². The Labute approximate surface area is 204 Å². The predicted octanol–water partition coefficient (Wildman–Crippen LogP) is 4.35. The van der Waals surface area contributed by atoms with Gasteiger partial charge >= 0.3 is 0 Å². The number of hydrogen-bond acceptors (Lipinski definition) is 7. The SMILES string of the molecule is CNCc1ccccc1Nc1nc(Nc2ccc(N3CCC(C(N)=O)CC3)cc2C)ncc1Cl. The lowest BCUT2D eigenvalue weighted by Gasteiger charge is -2.32. The zero-order chi connectivity index (χ0) is 24.1. The maximum absolute atomic E-state index is 11.4. The van der Waals surface area contributed by atoms with E-state index in [1.807, 2.05) is 44.3 Å². The van der Waals surface area contributed by atoms with Crippen LogP contribution in [0.3, 0.4) is 0 Å². The van der Waals surface area contributed by atoms with E-state index in [4.69, 9.17) is 17.3 Å². The van der Waals surface area contributed by atoms with Crippen LogP contribution in [0.4, 0.5) is 28.8 Å². The number of benzene rings is 2. The number of amides is 1. The lowest BCUT2D eigenvalue weighted by atomic mass is 9.96. The van der Waals surface area contributed by atoms with Crippen molar-refractivity contribution in [2.45, 2.75) is 26.3 Å². The minimum Gasteiger partial charge on any atom is -0.371 e. The third-order valence-corrected chi connectivity index (χ3v) is 6.38. The van der Waals surface area contributed by atoms with Gasteiger partial charge in [-0.05, 0) is 62.2 Å². The molecule has 1 fully saturated rings. The molecule has 2 heterocycles. The first kappa shape index (κ1) is 23.8. The van der Waals surface area contributed by atoms with Crippen LogP contribution in [0.25, 0.3) is 0 Å². The van der Waals surface area contributed by atoms with Crippen LogP contribution in [0, 0.1) is 12.8 Å². The number of halogens is 1. The van der Waals surface area contributed by atoms with Crippen molar-refractivity contribution in [1.82, 2.24) is 15.3 Å². The number of nitrogens with zero attached hydrogens (tertiary/aromatic N) is 3. The zero-order valence-electron chi connectivity index (χ0n) is 19.4. The normalized spacial score (nSPS) is 14.1. The first-order valence-corrected chi connectivity index (χ1v) is 11.8. The first-order valence-electron chi connectivity index (χ1n) is 11.4. The summed E-state index contributed by atoms with van der Waals surface area (Å²) in [4.78, 5) is 22.7. The van der Waals surface area contributed by atoms with Crippen molar-refractivity contribution >= 4 is 46.3 Å². The van der Waals surface area contributed by atoms with Crippen LogP contribution in [0.1, 0.15) is 24.0 Å². The standard InChI is InChI=1S/C25H30ClN7O/c1-16-13-19(33-11-9-17(10-12-33)23(27)34)7-8-21(16)31-25-29-15-20(26)24(32-25)30-22-6-4-3-5-18(22)14-28-2/h3-8,13,15,17,28H,9-12,14H2,1-2H3,(H2,27,34)(H2,29,30,31,32). The van der Waals surface area contributed by atoms with Crippen LogP contribution in [-0.2, 0) is 11.3 Å². The smallest absolute Gasteiger partial charge is 0.229 e. The molecule has 178 valence electrons. The highest BCUT2D eigenvalue weighted by molar-refractivity contribution is 6.32. The number of carbonyl (C=O) groups excluding carboxylic acids is 1. The predicted molar refractivity (Wildman–Crippen MR) is 138 cm³/mol. The van der Waals surface area contributed by atoms with Crippen molar-refractivity contribution in [1.29, 1.82) is 0 Å². The molecule has 0 atom stereocenters. The summed E-state index contributed by atoms with van der Waals surface area (Å²) in [6.07, 6.45) is 3.17. The van der Waals surface area contributed by atoms with Crippen LogP contribution in [0.2, 0.25) is 5.02 Å². The Bertz CT molecular complexity index is 1160. The Balaban J connectivity index is 1.47. The number of aromatic nitrogens is 2. The van der Waals surface area contributed by atoms with E-state index >= 15 is 0 Å². The molecular formula is C25H30ClN7O. The van der Waals surface area contributed by atoms with Gasteiger partial charge in [0, 0.05) is 42.6 Å². The van der Waals surface area contributed by atoms with E-state index in [2.05, 4.69) is 43.0 Å². The quantitative estimate of drug-likeness (QED) is 0.380. The van der Waals surface area contributed by atoms with Gasteiger partial charge in [-0.2, -0.15) is 4.98 Å². The summed E-state index contributed by atoms with van der Waals surface area (Å²) in [5.74, 6) is 0.775. The van der Waals surface area contributed by atoms with Crippen molar-refractivity contribution in [3.63, 3.8) is 0 Å². The molecular weight excluding hydrogens is 450 g/mol. The monoisotopic (exact) mass is 479 g/mol. The fourth-order valence-electron chi connectivity index (χ4n) is 4.16. The van der Waals surface area contributed by atoms with Gasteiger partial charge in [0.2, 0.25) is 11.9 Å². The number of para-hydroxylation sites is 1. The van der Waals surface area contributed by atoms with Crippen LogP contribution in [0.5, 0.6) is 0 Å². The molecule has 5 N–H and O–H groups in total. The number of nitrogens with one attached hydrogen (secondary N) is 3. The van der Waals surface area contributed by atoms with E-state index < -0.39 is 0 Å². The molecule has 1 aromatic heterocycles. The average molecular weight is 480 g/mol. The number of carbonyl (C=O) groups is 1. The van der Waals surface area contributed by atoms with Gasteiger partial charge in [-0.3, -0.25) is 4.79 Å². The highest BCUT2D eigenvalue weighted by Gasteiger charge is 2.23. The molecule has 1 aliphatic heterocycles. The Kier molecular flexibility index (Phi) is 7.49. The first-order chi connectivity index (χ1) is 16.4. The van der Waals surface area contributed by atoms with Gasteiger partial charge in [0.05, 0.1) is 6.20 Å². The number of hydrogen-bond donors (Lipinski definition) is 4. The second kappa shape index (κ2) is 10.7. The van der Waals surface area contributed by atoms with Gasteiger partial charge in [-0.1, -0.05) is 29.8 Å². The van der Waals surface area contributed by atoms with Gasteiger partial charge < -0.3 is 26.6 Å². The number of nitrogens with two attached hydrogens (primary N) is 1. The molecule has 0 spiro atoms. The molecule has 1 amide bonds. The fourth-order valence-corrected chi connectivity index (χ4v) is 4.30. The number of primary amides is 1. The Hall–Kier alpha value is -3.36. The summed E-state index contributed by atoms with van der Waals surface area (Å²) in [6.45, 7) is 4.42. The lowest BCUT2D eigenvalue weighted by molar-refractivity contribution is -0.122. The molecule has 9 heteroatoms. The topological polar surface area (TPSA) is 108 Å². The van der Waals surface area contributed by atoms with Crippen molar-refractivity contribution < 1.29 is 4.79 Å². The second-order valence-corrected chi connectivity index (χ2v) is 8.90. The fraction of sp³-hybridized carbons (Fsp3) is 0.320. The Morgan fingerprint density at radius 2 is 1.91 bits per heavy atom.